The topological polar surface area (TPSA) is 67.4 Å². The Balaban J connectivity index is 2.50. The second-order valence-electron chi connectivity index (χ2n) is 5.92. The summed E-state index contributed by atoms with van der Waals surface area (Å²) in [5.41, 5.74) is -2.93. The molecular weight excluding hydrogens is 397 g/mol. The van der Waals surface area contributed by atoms with Gasteiger partial charge in [-0.15, -0.1) is 0 Å². The third-order valence-electron chi connectivity index (χ3n) is 3.76. The molecule has 0 aromatic heterocycles. The van der Waals surface area contributed by atoms with Gasteiger partial charge in [-0.25, -0.2) is 4.79 Å². The highest BCUT2D eigenvalue weighted by Crippen LogP contribution is 2.34. The Kier molecular flexibility index (Phi) is 6.56. The summed E-state index contributed by atoms with van der Waals surface area (Å²) in [5.74, 6) is -2.77. The fourth-order valence-corrected chi connectivity index (χ4v) is 2.53. The maximum absolute atomic E-state index is 14.1. The molecule has 2 aromatic carbocycles. The molecule has 1 atom stereocenters. The van der Waals surface area contributed by atoms with E-state index in [4.69, 9.17) is 11.6 Å². The van der Waals surface area contributed by atoms with Gasteiger partial charge in [0, 0.05) is 16.3 Å². The minimum atomic E-state index is -5.21. The standard InChI is InChI=1S/C19H18ClF3N2O3/c1-3-28-17(27)18(19(21,22)23,24-15-9-7-14(20)8-10-15)25-16(26)13-6-4-5-12(2)11-13/h4-11,24H,3H2,1-2H3,(H,25,26)/t18-/m1/s1. The largest absolute Gasteiger partial charge is 0.463 e. The maximum Gasteiger partial charge on any atom is 0.441 e. The number of rotatable bonds is 6. The van der Waals surface area contributed by atoms with Gasteiger partial charge in [-0.2, -0.15) is 13.2 Å². The monoisotopic (exact) mass is 414 g/mol. The van der Waals surface area contributed by atoms with E-state index in [1.807, 2.05) is 0 Å². The third-order valence-corrected chi connectivity index (χ3v) is 4.02. The summed E-state index contributed by atoms with van der Waals surface area (Å²) < 4.78 is 46.8. The van der Waals surface area contributed by atoms with E-state index in [2.05, 4.69) is 10.1 Å². The van der Waals surface area contributed by atoms with Crippen molar-refractivity contribution in [2.45, 2.75) is 25.7 Å². The van der Waals surface area contributed by atoms with Crippen LogP contribution in [0.1, 0.15) is 22.8 Å². The summed E-state index contributed by atoms with van der Waals surface area (Å²) in [6.45, 7) is 2.74. The van der Waals surface area contributed by atoms with E-state index < -0.39 is 23.7 Å². The summed E-state index contributed by atoms with van der Waals surface area (Å²) >= 11 is 5.75. The van der Waals surface area contributed by atoms with E-state index in [9.17, 15) is 22.8 Å². The van der Waals surface area contributed by atoms with Crippen LogP contribution in [0.3, 0.4) is 0 Å². The average molecular weight is 415 g/mol. The quantitative estimate of drug-likeness (QED) is 0.546. The van der Waals surface area contributed by atoms with Gasteiger partial charge in [0.1, 0.15) is 0 Å². The molecule has 0 spiro atoms. The molecule has 9 heteroatoms. The first kappa shape index (κ1) is 21.6. The Bertz CT molecular complexity index is 856. The molecule has 2 aromatic rings. The van der Waals surface area contributed by atoms with Crippen molar-refractivity contribution in [2.75, 3.05) is 11.9 Å². The van der Waals surface area contributed by atoms with E-state index >= 15 is 0 Å². The van der Waals surface area contributed by atoms with Crippen LogP contribution in [0, 0.1) is 6.92 Å². The number of anilines is 1. The lowest BCUT2D eigenvalue weighted by molar-refractivity contribution is -0.204. The van der Waals surface area contributed by atoms with Crippen LogP contribution in [0.2, 0.25) is 5.02 Å². The molecule has 0 unspecified atom stereocenters. The molecule has 0 heterocycles. The van der Waals surface area contributed by atoms with E-state index in [1.165, 1.54) is 49.4 Å². The Morgan fingerprint density at radius 3 is 2.29 bits per heavy atom. The molecular formula is C19H18ClF3N2O3. The van der Waals surface area contributed by atoms with Gasteiger partial charge in [0.25, 0.3) is 5.91 Å². The van der Waals surface area contributed by atoms with Crippen LogP contribution in [0.4, 0.5) is 18.9 Å². The minimum absolute atomic E-state index is 0.0316. The SMILES string of the molecule is CCOC(=O)[C@](NC(=O)c1cccc(C)c1)(Nc1ccc(Cl)cc1)C(F)(F)F. The Labute approximate surface area is 164 Å². The number of halogens is 4. The molecule has 0 aliphatic heterocycles. The van der Waals surface area contributed by atoms with E-state index in [1.54, 1.807) is 18.3 Å². The van der Waals surface area contributed by atoms with Crippen LogP contribution in [0.5, 0.6) is 0 Å². The highest BCUT2D eigenvalue weighted by Gasteiger charge is 2.63. The zero-order valence-corrected chi connectivity index (χ0v) is 15.8. The number of benzene rings is 2. The highest BCUT2D eigenvalue weighted by atomic mass is 35.5. The fraction of sp³-hybridized carbons (Fsp3) is 0.263. The van der Waals surface area contributed by atoms with Crippen LogP contribution < -0.4 is 10.6 Å². The zero-order valence-electron chi connectivity index (χ0n) is 15.1. The number of hydrogen-bond acceptors (Lipinski definition) is 4. The molecule has 0 saturated heterocycles. The first-order valence-corrected chi connectivity index (χ1v) is 8.63. The molecule has 0 bridgehead atoms. The molecule has 2 N–H and O–H groups in total. The van der Waals surface area contributed by atoms with Crippen LogP contribution >= 0.6 is 11.6 Å². The van der Waals surface area contributed by atoms with Crippen molar-refractivity contribution in [3.05, 3.63) is 64.7 Å². The Morgan fingerprint density at radius 1 is 1.11 bits per heavy atom. The number of carbonyl (C=O) groups is 2. The predicted octanol–water partition coefficient (Wildman–Crippen LogP) is 4.31. The van der Waals surface area contributed by atoms with E-state index in [-0.39, 0.29) is 17.9 Å². The molecule has 150 valence electrons. The summed E-state index contributed by atoms with van der Waals surface area (Å²) in [7, 11) is 0. The van der Waals surface area contributed by atoms with Crippen LogP contribution in [-0.2, 0) is 9.53 Å². The van der Waals surface area contributed by atoms with Gasteiger partial charge in [0.05, 0.1) is 6.61 Å². The number of esters is 1. The second kappa shape index (κ2) is 8.52. The smallest absolute Gasteiger partial charge is 0.441 e. The van der Waals surface area contributed by atoms with E-state index in [0.717, 1.165) is 0 Å². The third kappa shape index (κ3) is 4.75. The minimum Gasteiger partial charge on any atom is -0.463 e. The summed E-state index contributed by atoms with van der Waals surface area (Å²) in [6, 6.07) is 11.2. The fourth-order valence-electron chi connectivity index (χ4n) is 2.41. The lowest BCUT2D eigenvalue weighted by Gasteiger charge is -2.35. The summed E-state index contributed by atoms with van der Waals surface area (Å²) in [6.07, 6.45) is -5.21. The van der Waals surface area contributed by atoms with Gasteiger partial charge in [-0.3, -0.25) is 4.79 Å². The van der Waals surface area contributed by atoms with Crippen LogP contribution in [0.25, 0.3) is 0 Å². The molecule has 1 amide bonds. The number of amides is 1. The van der Waals surface area contributed by atoms with E-state index in [0.29, 0.717) is 10.6 Å². The molecule has 5 nitrogen and oxygen atoms in total. The van der Waals surface area contributed by atoms with Crippen molar-refractivity contribution in [1.29, 1.82) is 0 Å². The average Bonchev–Trinajstić information content (AvgIpc) is 2.62. The number of ether oxygens (including phenoxy) is 1. The predicted molar refractivity (Wildman–Crippen MR) is 99.1 cm³/mol. The number of aryl methyl sites for hydroxylation is 1. The lowest BCUT2D eigenvalue weighted by Crippen LogP contribution is -2.69. The lowest BCUT2D eigenvalue weighted by atomic mass is 10.1. The van der Waals surface area contributed by atoms with Gasteiger partial charge in [0.2, 0.25) is 0 Å². The van der Waals surface area contributed by atoms with Gasteiger partial charge in [-0.1, -0.05) is 29.3 Å². The van der Waals surface area contributed by atoms with Crippen LogP contribution in [-0.4, -0.2) is 30.3 Å². The van der Waals surface area contributed by atoms with Gasteiger partial charge < -0.3 is 15.4 Å². The maximum atomic E-state index is 14.1. The number of nitrogens with one attached hydrogen (secondary N) is 2. The molecule has 0 saturated carbocycles. The molecule has 28 heavy (non-hydrogen) atoms. The first-order chi connectivity index (χ1) is 13.1. The zero-order chi connectivity index (χ0) is 20.9. The van der Waals surface area contributed by atoms with Crippen molar-refractivity contribution in [1.82, 2.24) is 5.32 Å². The number of carbonyl (C=O) groups excluding carboxylic acids is 2. The molecule has 2 rings (SSSR count). The van der Waals surface area contributed by atoms with Gasteiger partial charge in [-0.05, 0) is 50.2 Å². The molecule has 0 fully saturated rings. The van der Waals surface area contributed by atoms with Crippen molar-refractivity contribution in [2.24, 2.45) is 0 Å². The van der Waals surface area contributed by atoms with Crippen LogP contribution in [0.15, 0.2) is 48.5 Å². The second-order valence-corrected chi connectivity index (χ2v) is 6.36. The van der Waals surface area contributed by atoms with Gasteiger partial charge >= 0.3 is 17.8 Å². The molecule has 0 aliphatic rings. The number of hydrogen-bond donors (Lipinski definition) is 2. The molecule has 0 radical (unpaired) electrons. The van der Waals surface area contributed by atoms with Gasteiger partial charge in [0.15, 0.2) is 0 Å². The van der Waals surface area contributed by atoms with Crippen molar-refractivity contribution >= 4 is 29.2 Å². The van der Waals surface area contributed by atoms with Crippen molar-refractivity contribution in [3.63, 3.8) is 0 Å². The summed E-state index contributed by atoms with van der Waals surface area (Å²) in [4.78, 5) is 24.9. The normalized spacial score (nSPS) is 13.4. The van der Waals surface area contributed by atoms with Crippen molar-refractivity contribution in [3.8, 4) is 0 Å². The summed E-state index contributed by atoms with van der Waals surface area (Å²) in [5, 5.41) is 4.14. The van der Waals surface area contributed by atoms with Crippen molar-refractivity contribution < 1.29 is 27.5 Å². The Morgan fingerprint density at radius 2 is 1.75 bits per heavy atom. The molecule has 0 aliphatic carbocycles. The first-order valence-electron chi connectivity index (χ1n) is 8.26. The highest BCUT2D eigenvalue weighted by molar-refractivity contribution is 6.30. The number of alkyl halides is 3. The Hall–Kier alpha value is -2.74.